The van der Waals surface area contributed by atoms with Crippen LogP contribution in [0, 0.1) is 5.92 Å². The van der Waals surface area contributed by atoms with Gasteiger partial charge in [-0.3, -0.25) is 4.79 Å². The molecule has 4 nitrogen and oxygen atoms in total. The molecule has 0 fully saturated rings. The number of halogens is 1. The highest BCUT2D eigenvalue weighted by atomic mass is 35.7. The molecule has 0 radical (unpaired) electrons. The third kappa shape index (κ3) is 10.2. The van der Waals surface area contributed by atoms with Gasteiger partial charge in [0.05, 0.1) is 12.4 Å². The summed E-state index contributed by atoms with van der Waals surface area (Å²) in [7, 11) is 1.66. The Hall–Kier alpha value is -0.290. The number of ether oxygens (including phenoxy) is 1. The van der Waals surface area contributed by atoms with Gasteiger partial charge in [0, 0.05) is 23.5 Å². The number of carbonyl (C=O) groups excluding carboxylic acids is 1. The van der Waals surface area contributed by atoms with Crippen LogP contribution < -0.4 is 0 Å². The third-order valence-corrected chi connectivity index (χ3v) is 3.42. The summed E-state index contributed by atoms with van der Waals surface area (Å²) in [5.41, 5.74) is 0. The van der Waals surface area contributed by atoms with E-state index in [1.54, 1.807) is 0 Å². The van der Waals surface area contributed by atoms with Crippen LogP contribution in [-0.2, 0) is 18.6 Å². The van der Waals surface area contributed by atoms with Crippen LogP contribution in [0.5, 0.6) is 0 Å². The maximum absolute atomic E-state index is 10.9. The predicted molar refractivity (Wildman–Crippen MR) is 63.9 cm³/mol. The normalized spacial score (nSPS) is 13.4. The number of esters is 1. The Balaban J connectivity index is 4.10. The summed E-state index contributed by atoms with van der Waals surface area (Å²) < 4.78 is 26.7. The summed E-state index contributed by atoms with van der Waals surface area (Å²) in [5.74, 6) is -0.726. The zero-order chi connectivity index (χ0) is 12.6. The van der Waals surface area contributed by atoms with Crippen LogP contribution >= 0.6 is 10.7 Å². The zero-order valence-corrected chi connectivity index (χ0v) is 11.3. The van der Waals surface area contributed by atoms with Gasteiger partial charge in [-0.05, 0) is 6.42 Å². The first kappa shape index (κ1) is 15.7. The van der Waals surface area contributed by atoms with Crippen LogP contribution in [0.2, 0.25) is 0 Å². The highest BCUT2D eigenvalue weighted by Gasteiger charge is 2.18. The molecule has 1 atom stereocenters. The second kappa shape index (κ2) is 7.90. The molecule has 1 unspecified atom stereocenters. The van der Waals surface area contributed by atoms with Crippen molar-refractivity contribution in [3.63, 3.8) is 0 Å². The summed E-state index contributed by atoms with van der Waals surface area (Å²) in [5, 5.41) is 0. The monoisotopic (exact) mass is 270 g/mol. The van der Waals surface area contributed by atoms with E-state index in [-0.39, 0.29) is 18.3 Å². The summed E-state index contributed by atoms with van der Waals surface area (Å²) in [6.45, 7) is 3.50. The van der Waals surface area contributed by atoms with Crippen LogP contribution in [0.3, 0.4) is 0 Å². The molecule has 0 rings (SSSR count). The van der Waals surface area contributed by atoms with Gasteiger partial charge in [-0.2, -0.15) is 0 Å². The van der Waals surface area contributed by atoms with E-state index in [0.717, 1.165) is 19.3 Å². The topological polar surface area (TPSA) is 60.4 Å². The summed E-state index contributed by atoms with van der Waals surface area (Å²) in [4.78, 5) is 10.6. The maximum atomic E-state index is 10.9. The molecule has 0 spiro atoms. The Morgan fingerprint density at radius 3 is 2.44 bits per heavy atom. The molecule has 0 heterocycles. The number of carbonyl (C=O) groups is 1. The van der Waals surface area contributed by atoms with E-state index in [4.69, 9.17) is 15.4 Å². The number of rotatable bonds is 8. The molecular formula is C10H19ClO4S. The van der Waals surface area contributed by atoms with Gasteiger partial charge in [0.1, 0.15) is 0 Å². The molecule has 0 aromatic heterocycles. The molecule has 0 bridgehead atoms. The predicted octanol–water partition coefficient (Wildman–Crippen LogP) is 2.31. The first-order valence-corrected chi connectivity index (χ1v) is 7.88. The standard InChI is InChI=1S/C10H19ClO4S/c1-3-4-5-6-10(7-15-9(2)12)8-16(11,13)14/h10H,3-8H2,1-2H3. The Morgan fingerprint density at radius 1 is 1.38 bits per heavy atom. The van der Waals surface area contributed by atoms with E-state index < -0.39 is 15.0 Å². The molecular weight excluding hydrogens is 252 g/mol. The van der Waals surface area contributed by atoms with Gasteiger partial charge in [-0.15, -0.1) is 0 Å². The summed E-state index contributed by atoms with van der Waals surface area (Å²) >= 11 is 0. The Labute approximate surface area is 102 Å². The van der Waals surface area contributed by atoms with Crippen molar-refractivity contribution in [2.24, 2.45) is 5.92 Å². The molecule has 0 aliphatic carbocycles. The fourth-order valence-corrected chi connectivity index (χ4v) is 2.78. The minimum Gasteiger partial charge on any atom is -0.466 e. The smallest absolute Gasteiger partial charge is 0.302 e. The summed E-state index contributed by atoms with van der Waals surface area (Å²) in [6, 6.07) is 0. The van der Waals surface area contributed by atoms with Crippen LogP contribution in [0.25, 0.3) is 0 Å². The van der Waals surface area contributed by atoms with Gasteiger partial charge in [0.2, 0.25) is 9.05 Å². The maximum Gasteiger partial charge on any atom is 0.302 e. The average molecular weight is 271 g/mol. The molecule has 0 aromatic carbocycles. The molecule has 96 valence electrons. The first-order valence-electron chi connectivity index (χ1n) is 5.41. The second-order valence-electron chi connectivity index (χ2n) is 3.87. The molecule has 6 heteroatoms. The van der Waals surface area contributed by atoms with Crippen LogP contribution in [0.1, 0.15) is 39.5 Å². The highest BCUT2D eigenvalue weighted by molar-refractivity contribution is 8.13. The molecule has 0 aliphatic heterocycles. The number of hydrogen-bond acceptors (Lipinski definition) is 4. The second-order valence-corrected chi connectivity index (χ2v) is 6.69. The lowest BCUT2D eigenvalue weighted by molar-refractivity contribution is -0.142. The van der Waals surface area contributed by atoms with Gasteiger partial charge in [0.25, 0.3) is 0 Å². The Bertz CT molecular complexity index is 300. The molecule has 16 heavy (non-hydrogen) atoms. The van der Waals surface area contributed by atoms with E-state index in [9.17, 15) is 13.2 Å². The quantitative estimate of drug-likeness (QED) is 0.386. The van der Waals surface area contributed by atoms with Crippen molar-refractivity contribution in [1.82, 2.24) is 0 Å². The SMILES string of the molecule is CCCCCC(COC(C)=O)CS(=O)(=O)Cl. The van der Waals surface area contributed by atoms with Crippen LogP contribution in [0.4, 0.5) is 0 Å². The number of hydrogen-bond donors (Lipinski definition) is 0. The van der Waals surface area contributed by atoms with Crippen molar-refractivity contribution in [2.75, 3.05) is 12.4 Å². The van der Waals surface area contributed by atoms with Crippen molar-refractivity contribution in [1.29, 1.82) is 0 Å². The highest BCUT2D eigenvalue weighted by Crippen LogP contribution is 2.15. The van der Waals surface area contributed by atoms with Crippen molar-refractivity contribution in [3.05, 3.63) is 0 Å². The molecule has 0 N–H and O–H groups in total. The van der Waals surface area contributed by atoms with E-state index in [2.05, 4.69) is 6.92 Å². The summed E-state index contributed by atoms with van der Waals surface area (Å²) in [6.07, 6.45) is 3.74. The fourth-order valence-electron chi connectivity index (χ4n) is 1.41. The van der Waals surface area contributed by atoms with Crippen molar-refractivity contribution in [2.45, 2.75) is 39.5 Å². The molecule has 0 aromatic rings. The molecule has 0 saturated carbocycles. The Morgan fingerprint density at radius 2 is 2.00 bits per heavy atom. The van der Waals surface area contributed by atoms with Gasteiger partial charge in [-0.25, -0.2) is 8.42 Å². The van der Waals surface area contributed by atoms with Crippen molar-refractivity contribution in [3.8, 4) is 0 Å². The lowest BCUT2D eigenvalue weighted by Crippen LogP contribution is -2.19. The lowest BCUT2D eigenvalue weighted by Gasteiger charge is -2.14. The van der Waals surface area contributed by atoms with E-state index in [1.807, 2.05) is 0 Å². The van der Waals surface area contributed by atoms with Gasteiger partial charge >= 0.3 is 5.97 Å². The Kier molecular flexibility index (Phi) is 7.76. The fraction of sp³-hybridized carbons (Fsp3) is 0.900. The van der Waals surface area contributed by atoms with Gasteiger partial charge in [-0.1, -0.05) is 26.2 Å². The first-order chi connectivity index (χ1) is 7.35. The van der Waals surface area contributed by atoms with Crippen LogP contribution in [-0.4, -0.2) is 26.7 Å². The molecule has 0 aliphatic rings. The zero-order valence-electron chi connectivity index (χ0n) is 9.74. The number of unbranched alkanes of at least 4 members (excludes halogenated alkanes) is 2. The molecule has 0 saturated heterocycles. The van der Waals surface area contributed by atoms with E-state index in [0.29, 0.717) is 6.42 Å². The minimum absolute atomic E-state index is 0.130. The lowest BCUT2D eigenvalue weighted by atomic mass is 10.0. The van der Waals surface area contributed by atoms with E-state index >= 15 is 0 Å². The van der Waals surface area contributed by atoms with Crippen molar-refractivity contribution < 1.29 is 17.9 Å². The third-order valence-electron chi connectivity index (χ3n) is 2.17. The van der Waals surface area contributed by atoms with Crippen LogP contribution in [0.15, 0.2) is 0 Å². The minimum atomic E-state index is -3.53. The van der Waals surface area contributed by atoms with Gasteiger partial charge < -0.3 is 4.74 Å². The van der Waals surface area contributed by atoms with Gasteiger partial charge in [0.15, 0.2) is 0 Å². The van der Waals surface area contributed by atoms with Crippen molar-refractivity contribution >= 4 is 25.7 Å². The molecule has 0 amide bonds. The largest absolute Gasteiger partial charge is 0.466 e. The van der Waals surface area contributed by atoms with E-state index in [1.165, 1.54) is 6.92 Å². The average Bonchev–Trinajstić information content (AvgIpc) is 2.12.